The summed E-state index contributed by atoms with van der Waals surface area (Å²) in [5, 5.41) is 5.22. The summed E-state index contributed by atoms with van der Waals surface area (Å²) in [6.45, 7) is 3.68. The number of nitrogens with one attached hydrogen (secondary N) is 1. The lowest BCUT2D eigenvalue weighted by Gasteiger charge is -2.21. The largest absolute Gasteiger partial charge is 0.370 e. The summed E-state index contributed by atoms with van der Waals surface area (Å²) in [6.07, 6.45) is 2.73. The number of hydrogen-bond donors (Lipinski definition) is 1. The first-order valence-corrected chi connectivity index (χ1v) is 9.48. The zero-order valence-electron chi connectivity index (χ0n) is 16.4. The Kier molecular flexibility index (Phi) is 4.69. The smallest absolute Gasteiger partial charge is 0.194 e. The summed E-state index contributed by atoms with van der Waals surface area (Å²) in [6, 6.07) is 10.8. The van der Waals surface area contributed by atoms with Crippen LogP contribution in [0.25, 0.3) is 10.8 Å². The molecule has 0 radical (unpaired) electrons. The van der Waals surface area contributed by atoms with Crippen molar-refractivity contribution in [2.75, 3.05) is 32.5 Å². The molecule has 2 aromatic carbocycles. The number of aromatic nitrogens is 1. The van der Waals surface area contributed by atoms with Crippen LogP contribution in [0.5, 0.6) is 0 Å². The van der Waals surface area contributed by atoms with Gasteiger partial charge in [-0.25, -0.2) is 4.98 Å². The first-order chi connectivity index (χ1) is 13.5. The maximum atomic E-state index is 13.1. The van der Waals surface area contributed by atoms with Gasteiger partial charge >= 0.3 is 0 Å². The van der Waals surface area contributed by atoms with Crippen LogP contribution in [-0.4, -0.2) is 48.6 Å². The number of nitrogens with zero attached hydrogens (tertiary/aromatic N) is 2. The van der Waals surface area contributed by atoms with E-state index >= 15 is 0 Å². The Hall–Kier alpha value is -3.05. The highest BCUT2D eigenvalue weighted by Gasteiger charge is 2.31. The average Bonchev–Trinajstić information content (AvgIpc) is 2.69. The Bertz CT molecular complexity index is 1100. The number of benzene rings is 2. The predicted octanol–water partition coefficient (Wildman–Crippen LogP) is 3.68. The van der Waals surface area contributed by atoms with Gasteiger partial charge in [-0.15, -0.1) is 0 Å². The molecular weight excluding hydrogens is 350 g/mol. The zero-order chi connectivity index (χ0) is 19.8. The molecule has 3 aromatic rings. The van der Waals surface area contributed by atoms with Crippen LogP contribution in [0.1, 0.15) is 43.8 Å². The highest BCUT2D eigenvalue weighted by Crippen LogP contribution is 2.35. The fourth-order valence-corrected chi connectivity index (χ4v) is 3.87. The average molecular weight is 373 g/mol. The summed E-state index contributed by atoms with van der Waals surface area (Å²) in [5.41, 5.74) is 2.78. The Morgan fingerprint density at radius 1 is 0.964 bits per heavy atom. The summed E-state index contributed by atoms with van der Waals surface area (Å²) < 4.78 is 0. The van der Waals surface area contributed by atoms with Gasteiger partial charge in [0.15, 0.2) is 11.6 Å². The van der Waals surface area contributed by atoms with E-state index in [1.54, 1.807) is 30.5 Å². The van der Waals surface area contributed by atoms with E-state index in [2.05, 4.69) is 15.2 Å². The van der Waals surface area contributed by atoms with E-state index in [1.807, 2.05) is 33.2 Å². The molecule has 4 rings (SSSR count). The molecule has 5 heteroatoms. The summed E-state index contributed by atoms with van der Waals surface area (Å²) in [5.74, 6) is 0.570. The number of rotatable bonds is 5. The van der Waals surface area contributed by atoms with E-state index in [4.69, 9.17) is 0 Å². The van der Waals surface area contributed by atoms with Crippen LogP contribution in [0.4, 0.5) is 5.82 Å². The third-order valence-electron chi connectivity index (χ3n) is 5.29. The molecule has 1 aromatic heterocycles. The molecule has 5 nitrogen and oxygen atoms in total. The van der Waals surface area contributed by atoms with Crippen molar-refractivity contribution >= 4 is 28.2 Å². The first kappa shape index (κ1) is 18.3. The molecule has 0 saturated carbocycles. The molecule has 0 atom stereocenters. The van der Waals surface area contributed by atoms with E-state index in [9.17, 15) is 9.59 Å². The maximum Gasteiger partial charge on any atom is 0.194 e. The van der Waals surface area contributed by atoms with Crippen LogP contribution in [-0.2, 0) is 0 Å². The topological polar surface area (TPSA) is 62.3 Å². The second-order valence-corrected chi connectivity index (χ2v) is 7.47. The SMILES string of the molecule is Cc1c2c(cc3c(NCCCN(C)C)nccc13)C(=O)c1ccccc1C2=O. The lowest BCUT2D eigenvalue weighted by molar-refractivity contribution is 0.0979. The number of aryl methyl sites for hydroxylation is 1. The maximum absolute atomic E-state index is 13.1. The Morgan fingerprint density at radius 3 is 2.39 bits per heavy atom. The molecule has 1 aliphatic carbocycles. The van der Waals surface area contributed by atoms with E-state index in [0.717, 1.165) is 41.7 Å². The minimum atomic E-state index is -0.0994. The fourth-order valence-electron chi connectivity index (χ4n) is 3.87. The molecule has 0 amide bonds. The van der Waals surface area contributed by atoms with E-state index in [0.29, 0.717) is 22.3 Å². The summed E-state index contributed by atoms with van der Waals surface area (Å²) >= 11 is 0. The van der Waals surface area contributed by atoms with Crippen LogP contribution in [0.3, 0.4) is 0 Å². The van der Waals surface area contributed by atoms with Crippen molar-refractivity contribution in [3.8, 4) is 0 Å². The lowest BCUT2D eigenvalue weighted by Crippen LogP contribution is -2.22. The number of pyridine rings is 1. The fraction of sp³-hybridized carbons (Fsp3) is 0.261. The van der Waals surface area contributed by atoms with Gasteiger partial charge in [0.25, 0.3) is 0 Å². The molecule has 1 aliphatic rings. The Balaban J connectivity index is 1.81. The van der Waals surface area contributed by atoms with Gasteiger partial charge in [0, 0.05) is 40.4 Å². The highest BCUT2D eigenvalue weighted by molar-refractivity contribution is 6.30. The molecule has 0 saturated heterocycles. The van der Waals surface area contributed by atoms with E-state index in [-0.39, 0.29) is 11.6 Å². The van der Waals surface area contributed by atoms with Crippen molar-refractivity contribution in [1.82, 2.24) is 9.88 Å². The molecule has 0 bridgehead atoms. The monoisotopic (exact) mass is 373 g/mol. The highest BCUT2D eigenvalue weighted by atomic mass is 16.1. The van der Waals surface area contributed by atoms with Gasteiger partial charge in [-0.3, -0.25) is 9.59 Å². The van der Waals surface area contributed by atoms with Crippen LogP contribution >= 0.6 is 0 Å². The van der Waals surface area contributed by atoms with Gasteiger partial charge < -0.3 is 10.2 Å². The first-order valence-electron chi connectivity index (χ1n) is 9.48. The third kappa shape index (κ3) is 2.98. The number of hydrogen-bond acceptors (Lipinski definition) is 5. The zero-order valence-corrected chi connectivity index (χ0v) is 16.4. The van der Waals surface area contributed by atoms with Crippen LogP contribution in [0.15, 0.2) is 42.6 Å². The van der Waals surface area contributed by atoms with Gasteiger partial charge in [-0.2, -0.15) is 0 Å². The molecule has 0 fully saturated rings. The molecule has 0 spiro atoms. The predicted molar refractivity (Wildman–Crippen MR) is 111 cm³/mol. The number of anilines is 1. The van der Waals surface area contributed by atoms with Crippen LogP contribution < -0.4 is 5.32 Å². The lowest BCUT2D eigenvalue weighted by atomic mass is 9.80. The number of ketones is 2. The quantitative estimate of drug-likeness (QED) is 0.541. The molecule has 142 valence electrons. The second kappa shape index (κ2) is 7.17. The number of carbonyl (C=O) groups excluding carboxylic acids is 2. The molecule has 28 heavy (non-hydrogen) atoms. The molecule has 1 N–H and O–H groups in total. The standard InChI is InChI=1S/C23H23N3O2/c1-14-15-9-11-25-23(24-10-6-12-26(2)3)18(15)13-19-20(14)22(28)17-8-5-4-7-16(17)21(19)27/h4-5,7-9,11,13H,6,10,12H2,1-3H3,(H,24,25). The Morgan fingerprint density at radius 2 is 1.68 bits per heavy atom. The minimum absolute atomic E-state index is 0.0816. The minimum Gasteiger partial charge on any atom is -0.370 e. The Labute approximate surface area is 164 Å². The second-order valence-electron chi connectivity index (χ2n) is 7.47. The van der Waals surface area contributed by atoms with Crippen molar-refractivity contribution in [3.63, 3.8) is 0 Å². The molecule has 1 heterocycles. The van der Waals surface area contributed by atoms with Crippen molar-refractivity contribution in [3.05, 3.63) is 70.4 Å². The normalized spacial score (nSPS) is 13.0. The van der Waals surface area contributed by atoms with Crippen molar-refractivity contribution in [1.29, 1.82) is 0 Å². The summed E-state index contributed by atoms with van der Waals surface area (Å²) in [7, 11) is 4.10. The van der Waals surface area contributed by atoms with Crippen molar-refractivity contribution in [2.45, 2.75) is 13.3 Å². The van der Waals surface area contributed by atoms with Crippen LogP contribution in [0, 0.1) is 6.92 Å². The van der Waals surface area contributed by atoms with Gasteiger partial charge in [0.2, 0.25) is 0 Å². The summed E-state index contributed by atoms with van der Waals surface area (Å²) in [4.78, 5) is 32.8. The number of fused-ring (bicyclic) bond motifs is 3. The van der Waals surface area contributed by atoms with Gasteiger partial charge in [0.05, 0.1) is 0 Å². The molecule has 0 unspecified atom stereocenters. The van der Waals surface area contributed by atoms with Gasteiger partial charge in [-0.1, -0.05) is 24.3 Å². The molecular formula is C23H23N3O2. The molecule has 0 aliphatic heterocycles. The van der Waals surface area contributed by atoms with Gasteiger partial charge in [0.1, 0.15) is 5.82 Å². The van der Waals surface area contributed by atoms with Crippen LogP contribution in [0.2, 0.25) is 0 Å². The van der Waals surface area contributed by atoms with Gasteiger partial charge in [-0.05, 0) is 57.1 Å². The van der Waals surface area contributed by atoms with Crippen molar-refractivity contribution < 1.29 is 9.59 Å². The van der Waals surface area contributed by atoms with E-state index in [1.165, 1.54) is 0 Å². The third-order valence-corrected chi connectivity index (χ3v) is 5.29. The van der Waals surface area contributed by atoms with Crippen molar-refractivity contribution in [2.24, 2.45) is 0 Å². The number of carbonyl (C=O) groups is 2. The van der Waals surface area contributed by atoms with E-state index < -0.39 is 0 Å².